The van der Waals surface area contributed by atoms with Crippen LogP contribution in [0.4, 0.5) is 0 Å². The van der Waals surface area contributed by atoms with Crippen molar-refractivity contribution in [1.82, 2.24) is 5.43 Å². The highest BCUT2D eigenvalue weighted by Gasteiger charge is 2.51. The minimum absolute atomic E-state index is 0.00234. The lowest BCUT2D eigenvalue weighted by atomic mass is 9.89. The number of hydrogen-bond acceptors (Lipinski definition) is 4. The number of Topliss-reactive ketones (excluding diaryl/α,β-unsaturated/α-hetero) is 1. The zero-order chi connectivity index (χ0) is 12.8. The van der Waals surface area contributed by atoms with Crippen LogP contribution < -0.4 is 5.43 Å². The molecule has 1 aromatic rings. The predicted molar refractivity (Wildman–Crippen MR) is 71.7 cm³/mol. The first kappa shape index (κ1) is 11.9. The Hall–Kier alpha value is -1.20. The summed E-state index contributed by atoms with van der Waals surface area (Å²) in [4.78, 5) is 12.3. The second kappa shape index (κ2) is 4.17. The van der Waals surface area contributed by atoms with Gasteiger partial charge in [-0.1, -0.05) is 28.1 Å². The van der Waals surface area contributed by atoms with Gasteiger partial charge in [0.1, 0.15) is 5.71 Å². The number of rotatable bonds is 3. The van der Waals surface area contributed by atoms with Crippen molar-refractivity contribution in [1.29, 1.82) is 0 Å². The van der Waals surface area contributed by atoms with Gasteiger partial charge >= 0.3 is 0 Å². The summed E-state index contributed by atoms with van der Waals surface area (Å²) in [6.07, 6.45) is 0. The van der Waals surface area contributed by atoms with Gasteiger partial charge in [0.05, 0.1) is 12.5 Å². The number of ether oxygens (including phenoxy) is 1. The van der Waals surface area contributed by atoms with Gasteiger partial charge in [-0.15, -0.1) is 0 Å². The molecule has 3 rings (SSSR count). The van der Waals surface area contributed by atoms with Crippen LogP contribution in [-0.4, -0.2) is 30.2 Å². The molecule has 4 nitrogen and oxygen atoms in total. The Labute approximate surface area is 114 Å². The molecule has 0 radical (unpaired) electrons. The molecule has 2 aliphatic rings. The fourth-order valence-corrected chi connectivity index (χ4v) is 2.53. The summed E-state index contributed by atoms with van der Waals surface area (Å²) in [6.45, 7) is 2.97. The summed E-state index contributed by atoms with van der Waals surface area (Å²) in [5.74, 6) is 0.00787. The number of halogens is 1. The third-order valence-electron chi connectivity index (χ3n) is 3.37. The molecule has 0 aliphatic carbocycles. The van der Waals surface area contributed by atoms with Crippen LogP contribution in [0.5, 0.6) is 0 Å². The quantitative estimate of drug-likeness (QED) is 0.867. The summed E-state index contributed by atoms with van der Waals surface area (Å²) in [6, 6.07) is 7.98. The Kier molecular flexibility index (Phi) is 2.75. The minimum Gasteiger partial charge on any atom is -0.361 e. The Balaban J connectivity index is 1.89. The van der Waals surface area contributed by atoms with Crippen molar-refractivity contribution < 1.29 is 9.53 Å². The van der Waals surface area contributed by atoms with Crippen LogP contribution >= 0.6 is 15.9 Å². The van der Waals surface area contributed by atoms with Gasteiger partial charge in [0.15, 0.2) is 5.60 Å². The van der Waals surface area contributed by atoms with Crippen LogP contribution in [0, 0.1) is 0 Å². The summed E-state index contributed by atoms with van der Waals surface area (Å²) < 4.78 is 6.22. The lowest BCUT2D eigenvalue weighted by Gasteiger charge is -2.13. The lowest BCUT2D eigenvalue weighted by molar-refractivity contribution is -0.117. The number of nitrogens with zero attached hydrogens (tertiary/aromatic N) is 1. The first-order valence-corrected chi connectivity index (χ1v) is 6.64. The van der Waals surface area contributed by atoms with Gasteiger partial charge in [0.2, 0.25) is 5.78 Å². The van der Waals surface area contributed by atoms with Crippen molar-refractivity contribution in [2.75, 3.05) is 13.2 Å². The SMILES string of the molecule is C[C@@]1(C(=O)C2=NNC[C@H]2c2cccc(Br)c2)CO1. The fourth-order valence-electron chi connectivity index (χ4n) is 2.12. The van der Waals surface area contributed by atoms with Gasteiger partial charge in [0.25, 0.3) is 0 Å². The van der Waals surface area contributed by atoms with Gasteiger partial charge in [-0.2, -0.15) is 5.10 Å². The van der Waals surface area contributed by atoms with Crippen molar-refractivity contribution in [2.24, 2.45) is 5.10 Å². The second-order valence-corrected chi connectivity index (χ2v) is 5.73. The van der Waals surface area contributed by atoms with E-state index in [0.717, 1.165) is 10.0 Å². The van der Waals surface area contributed by atoms with E-state index in [9.17, 15) is 4.79 Å². The highest BCUT2D eigenvalue weighted by molar-refractivity contribution is 9.10. The van der Waals surface area contributed by atoms with E-state index >= 15 is 0 Å². The van der Waals surface area contributed by atoms with Crippen LogP contribution in [0.1, 0.15) is 18.4 Å². The third-order valence-corrected chi connectivity index (χ3v) is 3.86. The molecule has 2 aliphatic heterocycles. The summed E-state index contributed by atoms with van der Waals surface area (Å²) in [5, 5.41) is 4.15. The number of hydrogen-bond donors (Lipinski definition) is 1. The molecule has 0 unspecified atom stereocenters. The van der Waals surface area contributed by atoms with Crippen molar-refractivity contribution in [3.63, 3.8) is 0 Å². The Bertz CT molecular complexity index is 538. The molecule has 5 heteroatoms. The molecule has 0 aromatic heterocycles. The number of carbonyl (C=O) groups excluding carboxylic acids is 1. The maximum Gasteiger partial charge on any atom is 0.213 e. The standard InChI is InChI=1S/C13H13BrN2O2/c1-13(7-18-13)12(17)11-10(6-15-16-11)8-3-2-4-9(14)5-8/h2-5,10,15H,6-7H2,1H3/t10-,13-/m0/s1. The normalized spacial score (nSPS) is 29.7. The molecule has 18 heavy (non-hydrogen) atoms. The van der Waals surface area contributed by atoms with E-state index in [1.54, 1.807) is 0 Å². The smallest absolute Gasteiger partial charge is 0.213 e. The Morgan fingerprint density at radius 2 is 2.39 bits per heavy atom. The van der Waals surface area contributed by atoms with Crippen LogP contribution in [0.25, 0.3) is 0 Å². The number of nitrogens with one attached hydrogen (secondary N) is 1. The molecule has 1 aromatic carbocycles. The first-order chi connectivity index (χ1) is 8.60. The summed E-state index contributed by atoms with van der Waals surface area (Å²) >= 11 is 3.45. The lowest BCUT2D eigenvalue weighted by Crippen LogP contribution is -2.32. The molecule has 1 fully saturated rings. The van der Waals surface area contributed by atoms with Crippen LogP contribution in [0.2, 0.25) is 0 Å². The molecule has 1 N–H and O–H groups in total. The average molecular weight is 309 g/mol. The predicted octanol–water partition coefficient (Wildman–Crippen LogP) is 1.85. The molecule has 0 spiro atoms. The molecule has 94 valence electrons. The van der Waals surface area contributed by atoms with Crippen molar-refractivity contribution in [3.05, 3.63) is 34.3 Å². The number of ketones is 1. The molecule has 1 saturated heterocycles. The molecule has 0 bridgehead atoms. The molecule has 2 atom stereocenters. The fraction of sp³-hybridized carbons (Fsp3) is 0.385. The Morgan fingerprint density at radius 1 is 1.61 bits per heavy atom. The number of epoxide rings is 1. The van der Waals surface area contributed by atoms with Gasteiger partial charge < -0.3 is 10.2 Å². The topological polar surface area (TPSA) is 54.0 Å². The van der Waals surface area contributed by atoms with Gasteiger partial charge in [-0.05, 0) is 24.6 Å². The maximum atomic E-state index is 12.3. The third kappa shape index (κ3) is 1.97. The highest BCUT2D eigenvalue weighted by Crippen LogP contribution is 2.32. The zero-order valence-electron chi connectivity index (χ0n) is 9.94. The number of hydrazone groups is 1. The number of carbonyl (C=O) groups is 1. The van der Waals surface area contributed by atoms with E-state index in [4.69, 9.17) is 4.74 Å². The van der Waals surface area contributed by atoms with Crippen molar-refractivity contribution >= 4 is 27.4 Å². The molecule has 0 saturated carbocycles. The summed E-state index contributed by atoms with van der Waals surface area (Å²) in [5.41, 5.74) is 3.94. The number of benzene rings is 1. The van der Waals surface area contributed by atoms with E-state index in [0.29, 0.717) is 18.9 Å². The maximum absolute atomic E-state index is 12.3. The van der Waals surface area contributed by atoms with Gasteiger partial charge in [0, 0.05) is 11.0 Å². The van der Waals surface area contributed by atoms with Crippen LogP contribution in [0.15, 0.2) is 33.8 Å². The van der Waals surface area contributed by atoms with E-state index in [1.165, 1.54) is 0 Å². The summed E-state index contributed by atoms with van der Waals surface area (Å²) in [7, 11) is 0. The largest absolute Gasteiger partial charge is 0.361 e. The van der Waals surface area contributed by atoms with E-state index in [1.807, 2.05) is 31.2 Å². The van der Waals surface area contributed by atoms with Crippen LogP contribution in [-0.2, 0) is 9.53 Å². The second-order valence-electron chi connectivity index (χ2n) is 4.82. The van der Waals surface area contributed by atoms with Gasteiger partial charge in [-0.3, -0.25) is 4.79 Å². The van der Waals surface area contributed by atoms with E-state index in [2.05, 4.69) is 26.5 Å². The average Bonchev–Trinajstić information content (AvgIpc) is 2.94. The molecular weight excluding hydrogens is 296 g/mol. The van der Waals surface area contributed by atoms with Gasteiger partial charge in [-0.25, -0.2) is 0 Å². The highest BCUT2D eigenvalue weighted by atomic mass is 79.9. The monoisotopic (exact) mass is 308 g/mol. The zero-order valence-corrected chi connectivity index (χ0v) is 11.5. The molecule has 0 amide bonds. The van der Waals surface area contributed by atoms with E-state index in [-0.39, 0.29) is 11.7 Å². The first-order valence-electron chi connectivity index (χ1n) is 5.85. The molecular formula is C13H13BrN2O2. The Morgan fingerprint density at radius 3 is 3.06 bits per heavy atom. The molecule has 2 heterocycles. The van der Waals surface area contributed by atoms with Crippen LogP contribution in [0.3, 0.4) is 0 Å². The van der Waals surface area contributed by atoms with E-state index < -0.39 is 5.60 Å². The minimum atomic E-state index is -0.644. The van der Waals surface area contributed by atoms with Crippen molar-refractivity contribution in [3.8, 4) is 0 Å². The van der Waals surface area contributed by atoms with Crippen molar-refractivity contribution in [2.45, 2.75) is 18.4 Å².